The molecule has 2 heterocycles. The first kappa shape index (κ1) is 19.9. The van der Waals surface area contributed by atoms with Crippen LogP contribution in [0.5, 0.6) is 5.75 Å². The zero-order chi connectivity index (χ0) is 21.1. The number of carbonyl (C=O) groups is 1. The van der Waals surface area contributed by atoms with E-state index in [0.29, 0.717) is 17.5 Å². The Hall–Kier alpha value is -3.38. The van der Waals surface area contributed by atoms with E-state index in [-0.39, 0.29) is 5.91 Å². The molecule has 0 aliphatic rings. The molecule has 0 saturated carbocycles. The molecule has 0 atom stereocenters. The molecule has 2 aromatic heterocycles. The third kappa shape index (κ3) is 4.14. The lowest BCUT2D eigenvalue weighted by Crippen LogP contribution is -2.08. The minimum Gasteiger partial charge on any atom is -0.493 e. The van der Waals surface area contributed by atoms with Gasteiger partial charge in [0.2, 0.25) is 5.91 Å². The fourth-order valence-electron chi connectivity index (χ4n) is 3.30. The number of allylic oxidation sites excluding steroid dienone is 1. The molecule has 6 heteroatoms. The molecule has 0 bridgehead atoms. The van der Waals surface area contributed by atoms with Crippen molar-refractivity contribution in [3.63, 3.8) is 0 Å². The first-order valence-electron chi connectivity index (χ1n) is 9.69. The van der Waals surface area contributed by atoms with Gasteiger partial charge in [0.05, 0.1) is 12.9 Å². The number of hydrogen-bond acceptors (Lipinski definition) is 5. The summed E-state index contributed by atoms with van der Waals surface area (Å²) in [6.45, 7) is 6.41. The first-order valence-corrected chi connectivity index (χ1v) is 10.6. The van der Waals surface area contributed by atoms with Crippen LogP contribution in [0.4, 0.5) is 5.13 Å². The molecule has 4 aromatic rings. The number of benzene rings is 2. The molecule has 0 aliphatic heterocycles. The second kappa shape index (κ2) is 8.55. The van der Waals surface area contributed by atoms with Crippen molar-refractivity contribution >= 4 is 38.9 Å². The van der Waals surface area contributed by atoms with E-state index in [4.69, 9.17) is 9.15 Å². The average molecular weight is 419 g/mol. The Balaban J connectivity index is 1.75. The smallest absolute Gasteiger partial charge is 0.250 e. The van der Waals surface area contributed by atoms with Gasteiger partial charge in [0.1, 0.15) is 11.3 Å². The van der Waals surface area contributed by atoms with Gasteiger partial charge in [-0.2, -0.15) is 0 Å². The molecular formula is C24H22N2O3S. The normalized spacial score (nSPS) is 11.6. The van der Waals surface area contributed by atoms with Gasteiger partial charge in [0, 0.05) is 40.2 Å². The molecule has 4 rings (SSSR count). The van der Waals surface area contributed by atoms with Crippen LogP contribution < -0.4 is 10.1 Å². The Morgan fingerprint density at radius 2 is 2.07 bits per heavy atom. The molecule has 1 N–H and O–H groups in total. The van der Waals surface area contributed by atoms with Crippen LogP contribution in [0.3, 0.4) is 0 Å². The Morgan fingerprint density at radius 1 is 1.27 bits per heavy atom. The molecule has 5 nitrogen and oxygen atoms in total. The molecule has 0 aliphatic carbocycles. The van der Waals surface area contributed by atoms with Gasteiger partial charge in [-0.05, 0) is 38.0 Å². The number of anilines is 1. The summed E-state index contributed by atoms with van der Waals surface area (Å²) in [6.07, 6.45) is 4.99. The highest BCUT2D eigenvalue weighted by Crippen LogP contribution is 2.37. The molecule has 0 spiro atoms. The van der Waals surface area contributed by atoms with Crippen LogP contribution in [0.2, 0.25) is 0 Å². The highest BCUT2D eigenvalue weighted by molar-refractivity contribution is 7.13. The van der Waals surface area contributed by atoms with E-state index >= 15 is 0 Å². The number of aromatic nitrogens is 1. The second-order valence-corrected chi connectivity index (χ2v) is 7.84. The summed E-state index contributed by atoms with van der Waals surface area (Å²) in [5.41, 5.74) is 5.69. The number of aryl methyl sites for hydroxylation is 1. The number of nitrogens with one attached hydrogen (secondary N) is 1. The maximum Gasteiger partial charge on any atom is 0.250 e. The lowest BCUT2D eigenvalue weighted by molar-refractivity contribution is -0.111. The highest BCUT2D eigenvalue weighted by Gasteiger charge is 2.15. The fourth-order valence-corrected chi connectivity index (χ4v) is 3.83. The zero-order valence-corrected chi connectivity index (χ0v) is 17.9. The van der Waals surface area contributed by atoms with E-state index in [1.165, 1.54) is 16.9 Å². The van der Waals surface area contributed by atoms with Gasteiger partial charge in [0.15, 0.2) is 5.13 Å². The second-order valence-electron chi connectivity index (χ2n) is 6.95. The lowest BCUT2D eigenvalue weighted by Gasteiger charge is -2.11. The Bertz CT molecular complexity index is 1210. The predicted octanol–water partition coefficient (Wildman–Crippen LogP) is 6.31. The van der Waals surface area contributed by atoms with Crippen LogP contribution in [0.15, 0.2) is 64.7 Å². The number of amides is 1. The number of ether oxygens (including phenoxy) is 1. The van der Waals surface area contributed by atoms with Gasteiger partial charge >= 0.3 is 0 Å². The number of hydrogen-bond donors (Lipinski definition) is 1. The monoisotopic (exact) mass is 418 g/mol. The molecule has 152 valence electrons. The standard InChI is InChI=1S/C24H22N2O3S/c1-4-28-21-13-22-19(20(14-29-22)17-7-5-15(2)6-8-17)12-18(21)16(3)11-23(27)26-24-25-9-10-30-24/h5-14H,4H2,1-3H3,(H,25,26,27)/b16-11+. The summed E-state index contributed by atoms with van der Waals surface area (Å²) in [4.78, 5) is 16.5. The number of nitrogens with zero attached hydrogens (tertiary/aromatic N) is 1. The Labute approximate surface area is 179 Å². The van der Waals surface area contributed by atoms with Gasteiger partial charge < -0.3 is 9.15 Å². The van der Waals surface area contributed by atoms with Gasteiger partial charge in [-0.15, -0.1) is 11.3 Å². The molecule has 0 radical (unpaired) electrons. The minimum atomic E-state index is -0.226. The Kier molecular flexibility index (Phi) is 5.68. The molecule has 0 saturated heterocycles. The summed E-state index contributed by atoms with van der Waals surface area (Å²) in [6, 6.07) is 12.2. The number of rotatable bonds is 6. The summed E-state index contributed by atoms with van der Waals surface area (Å²) in [7, 11) is 0. The highest BCUT2D eigenvalue weighted by atomic mass is 32.1. The fraction of sp³-hybridized carbons (Fsp3) is 0.167. The largest absolute Gasteiger partial charge is 0.493 e. The van der Waals surface area contributed by atoms with E-state index in [0.717, 1.165) is 33.2 Å². The maximum absolute atomic E-state index is 12.4. The van der Waals surface area contributed by atoms with Crippen molar-refractivity contribution in [2.75, 3.05) is 11.9 Å². The quantitative estimate of drug-likeness (QED) is 0.373. The van der Waals surface area contributed by atoms with Crippen molar-refractivity contribution in [2.24, 2.45) is 0 Å². The van der Waals surface area contributed by atoms with Crippen molar-refractivity contribution < 1.29 is 13.9 Å². The van der Waals surface area contributed by atoms with Gasteiger partial charge in [-0.1, -0.05) is 29.8 Å². The predicted molar refractivity (Wildman–Crippen MR) is 122 cm³/mol. The molecular weight excluding hydrogens is 396 g/mol. The van der Waals surface area contributed by atoms with Crippen LogP contribution >= 0.6 is 11.3 Å². The van der Waals surface area contributed by atoms with Crippen LogP contribution in [0, 0.1) is 6.92 Å². The van der Waals surface area contributed by atoms with Gasteiger partial charge in [0.25, 0.3) is 0 Å². The molecule has 1 amide bonds. The first-order chi connectivity index (χ1) is 14.5. The van der Waals surface area contributed by atoms with E-state index < -0.39 is 0 Å². The number of fused-ring (bicyclic) bond motifs is 1. The van der Waals surface area contributed by atoms with Crippen LogP contribution in [0.25, 0.3) is 27.7 Å². The van der Waals surface area contributed by atoms with Crippen molar-refractivity contribution in [1.29, 1.82) is 0 Å². The molecule has 2 aromatic carbocycles. The SMILES string of the molecule is CCOc1cc2occ(-c3ccc(C)cc3)c2cc1/C(C)=C/C(=O)Nc1nccs1. The Morgan fingerprint density at radius 3 is 2.77 bits per heavy atom. The molecule has 30 heavy (non-hydrogen) atoms. The molecule has 0 fully saturated rings. The summed E-state index contributed by atoms with van der Waals surface area (Å²) in [5, 5.41) is 6.15. The van der Waals surface area contributed by atoms with Crippen molar-refractivity contribution in [2.45, 2.75) is 20.8 Å². The van der Waals surface area contributed by atoms with Crippen molar-refractivity contribution in [3.05, 3.63) is 71.4 Å². The summed E-state index contributed by atoms with van der Waals surface area (Å²) >= 11 is 1.38. The summed E-state index contributed by atoms with van der Waals surface area (Å²) < 4.78 is 11.7. The van der Waals surface area contributed by atoms with Crippen molar-refractivity contribution in [3.8, 4) is 16.9 Å². The van der Waals surface area contributed by atoms with E-state index in [1.807, 2.05) is 31.4 Å². The summed E-state index contributed by atoms with van der Waals surface area (Å²) in [5.74, 6) is 0.460. The van der Waals surface area contributed by atoms with E-state index in [1.54, 1.807) is 18.5 Å². The zero-order valence-electron chi connectivity index (χ0n) is 17.1. The minimum absolute atomic E-state index is 0.226. The molecule has 0 unspecified atom stereocenters. The van der Waals surface area contributed by atoms with Gasteiger partial charge in [-0.25, -0.2) is 4.98 Å². The maximum atomic E-state index is 12.4. The van der Waals surface area contributed by atoms with E-state index in [2.05, 4.69) is 41.5 Å². The topological polar surface area (TPSA) is 64.4 Å². The third-order valence-electron chi connectivity index (χ3n) is 4.77. The van der Waals surface area contributed by atoms with Crippen molar-refractivity contribution in [1.82, 2.24) is 4.98 Å². The third-order valence-corrected chi connectivity index (χ3v) is 5.46. The van der Waals surface area contributed by atoms with E-state index in [9.17, 15) is 4.79 Å². The average Bonchev–Trinajstić information content (AvgIpc) is 3.37. The van der Waals surface area contributed by atoms with Crippen LogP contribution in [0.1, 0.15) is 25.0 Å². The number of furan rings is 1. The lowest BCUT2D eigenvalue weighted by atomic mass is 9.99. The number of thiazole rings is 1. The van der Waals surface area contributed by atoms with Gasteiger partial charge in [-0.3, -0.25) is 10.1 Å². The van der Waals surface area contributed by atoms with Crippen LogP contribution in [-0.2, 0) is 4.79 Å². The number of carbonyl (C=O) groups excluding carboxylic acids is 1. The van der Waals surface area contributed by atoms with Crippen LogP contribution in [-0.4, -0.2) is 17.5 Å².